The van der Waals surface area contributed by atoms with E-state index in [2.05, 4.69) is 10.6 Å². The predicted molar refractivity (Wildman–Crippen MR) is 111 cm³/mol. The third-order valence-corrected chi connectivity index (χ3v) is 4.80. The molecule has 0 aromatic heterocycles. The van der Waals surface area contributed by atoms with Crippen molar-refractivity contribution in [2.45, 2.75) is 24.9 Å². The molecule has 1 fully saturated rings. The van der Waals surface area contributed by atoms with Crippen molar-refractivity contribution in [3.05, 3.63) is 65.7 Å². The molecule has 6 nitrogen and oxygen atoms in total. The molecule has 2 atom stereocenters. The number of nitrogens with two attached hydrogens (primary N) is 1. The van der Waals surface area contributed by atoms with Crippen LogP contribution in [-0.4, -0.2) is 31.5 Å². The van der Waals surface area contributed by atoms with E-state index >= 15 is 0 Å². The van der Waals surface area contributed by atoms with Gasteiger partial charge in [-0.2, -0.15) is 0 Å². The molecule has 4 N–H and O–H groups in total. The smallest absolute Gasteiger partial charge is 0.252 e. The van der Waals surface area contributed by atoms with Crippen LogP contribution in [0.15, 0.2) is 54.6 Å². The van der Waals surface area contributed by atoms with E-state index in [-0.39, 0.29) is 30.3 Å². The SMILES string of the molecule is COc1ccc(C(=O)NC(C(=O)NC(CN)C2CC2)c2ccccc2)cc1.Cl. The van der Waals surface area contributed by atoms with Crippen molar-refractivity contribution in [3.63, 3.8) is 0 Å². The highest BCUT2D eigenvalue weighted by atomic mass is 35.5. The van der Waals surface area contributed by atoms with Gasteiger partial charge in [-0.1, -0.05) is 30.3 Å². The average molecular weight is 404 g/mol. The summed E-state index contributed by atoms with van der Waals surface area (Å²) in [5.41, 5.74) is 6.99. The molecular weight excluding hydrogens is 378 g/mol. The first-order valence-electron chi connectivity index (χ1n) is 9.12. The average Bonchev–Trinajstić information content (AvgIpc) is 3.55. The second-order valence-corrected chi connectivity index (χ2v) is 6.73. The highest BCUT2D eigenvalue weighted by Gasteiger charge is 2.33. The monoisotopic (exact) mass is 403 g/mol. The molecule has 0 spiro atoms. The van der Waals surface area contributed by atoms with Gasteiger partial charge >= 0.3 is 0 Å². The molecule has 2 unspecified atom stereocenters. The number of ether oxygens (including phenoxy) is 1. The Morgan fingerprint density at radius 2 is 1.71 bits per heavy atom. The lowest BCUT2D eigenvalue weighted by molar-refractivity contribution is -0.123. The molecule has 1 saturated carbocycles. The normalized spacial score (nSPS) is 14.9. The van der Waals surface area contributed by atoms with Crippen molar-refractivity contribution in [2.75, 3.05) is 13.7 Å². The maximum Gasteiger partial charge on any atom is 0.252 e. The van der Waals surface area contributed by atoms with Crippen LogP contribution in [0.2, 0.25) is 0 Å². The Morgan fingerprint density at radius 3 is 2.25 bits per heavy atom. The summed E-state index contributed by atoms with van der Waals surface area (Å²) in [5.74, 6) is 0.537. The van der Waals surface area contributed by atoms with Crippen LogP contribution in [0.1, 0.15) is 34.8 Å². The van der Waals surface area contributed by atoms with Gasteiger partial charge in [-0.05, 0) is 48.6 Å². The van der Waals surface area contributed by atoms with Crippen LogP contribution in [0.4, 0.5) is 0 Å². The summed E-state index contributed by atoms with van der Waals surface area (Å²) < 4.78 is 5.11. The molecule has 2 aromatic carbocycles. The number of methoxy groups -OCH3 is 1. The summed E-state index contributed by atoms with van der Waals surface area (Å²) >= 11 is 0. The Morgan fingerprint density at radius 1 is 1.07 bits per heavy atom. The number of carbonyl (C=O) groups excluding carboxylic acids is 2. The standard InChI is InChI=1S/C21H25N3O3.ClH/c1-27-17-11-9-16(10-12-17)20(25)24-19(15-5-3-2-4-6-15)21(26)23-18(13-22)14-7-8-14;/h2-6,9-12,14,18-19H,7-8,13,22H2,1H3,(H,23,26)(H,24,25);1H. The molecule has 1 aliphatic rings. The van der Waals surface area contributed by atoms with E-state index in [1.165, 1.54) is 0 Å². The molecule has 150 valence electrons. The Labute approximate surface area is 171 Å². The lowest BCUT2D eigenvalue weighted by Crippen LogP contribution is -2.47. The van der Waals surface area contributed by atoms with Gasteiger partial charge in [0.15, 0.2) is 0 Å². The molecule has 0 aliphatic heterocycles. The second kappa shape index (κ2) is 10.1. The Kier molecular flexibility index (Phi) is 7.84. The lowest BCUT2D eigenvalue weighted by atomic mass is 10.0. The van der Waals surface area contributed by atoms with Crippen LogP contribution < -0.4 is 21.1 Å². The largest absolute Gasteiger partial charge is 0.497 e. The van der Waals surface area contributed by atoms with Crippen molar-refractivity contribution in [1.29, 1.82) is 0 Å². The van der Waals surface area contributed by atoms with Crippen molar-refractivity contribution in [2.24, 2.45) is 11.7 Å². The highest BCUT2D eigenvalue weighted by Crippen LogP contribution is 2.32. The van der Waals surface area contributed by atoms with Gasteiger partial charge in [-0.25, -0.2) is 0 Å². The van der Waals surface area contributed by atoms with Gasteiger partial charge < -0.3 is 21.1 Å². The van der Waals surface area contributed by atoms with E-state index in [1.807, 2.05) is 30.3 Å². The number of halogens is 1. The van der Waals surface area contributed by atoms with Crippen LogP contribution in [0, 0.1) is 5.92 Å². The third kappa shape index (κ3) is 5.47. The summed E-state index contributed by atoms with van der Waals surface area (Å²) in [4.78, 5) is 25.6. The van der Waals surface area contributed by atoms with Crippen molar-refractivity contribution in [1.82, 2.24) is 10.6 Å². The van der Waals surface area contributed by atoms with Crippen LogP contribution in [-0.2, 0) is 4.79 Å². The van der Waals surface area contributed by atoms with Crippen LogP contribution in [0.3, 0.4) is 0 Å². The summed E-state index contributed by atoms with van der Waals surface area (Å²) in [5, 5.41) is 5.85. The molecule has 28 heavy (non-hydrogen) atoms. The fourth-order valence-corrected chi connectivity index (χ4v) is 3.04. The van der Waals surface area contributed by atoms with E-state index < -0.39 is 6.04 Å². The zero-order valence-corrected chi connectivity index (χ0v) is 16.6. The lowest BCUT2D eigenvalue weighted by Gasteiger charge is -2.23. The van der Waals surface area contributed by atoms with Crippen molar-refractivity contribution >= 4 is 24.2 Å². The fraction of sp³-hybridized carbons (Fsp3) is 0.333. The number of rotatable bonds is 8. The highest BCUT2D eigenvalue weighted by molar-refractivity contribution is 5.98. The number of hydrogen-bond acceptors (Lipinski definition) is 4. The molecule has 0 bridgehead atoms. The Balaban J connectivity index is 0.00000280. The second-order valence-electron chi connectivity index (χ2n) is 6.73. The van der Waals surface area contributed by atoms with Gasteiger partial charge in [0.2, 0.25) is 5.91 Å². The maximum atomic E-state index is 12.9. The Hall–Kier alpha value is -2.57. The topological polar surface area (TPSA) is 93.4 Å². The minimum atomic E-state index is -0.784. The van der Waals surface area contributed by atoms with Gasteiger partial charge in [0.1, 0.15) is 11.8 Å². The molecular formula is C21H26ClN3O3. The number of nitrogens with one attached hydrogen (secondary N) is 2. The molecule has 2 amide bonds. The summed E-state index contributed by atoms with van der Waals surface area (Å²) in [6, 6.07) is 15.1. The van der Waals surface area contributed by atoms with Crippen molar-refractivity contribution < 1.29 is 14.3 Å². The number of amides is 2. The maximum absolute atomic E-state index is 12.9. The summed E-state index contributed by atoms with van der Waals surface area (Å²) in [6.07, 6.45) is 2.16. The first-order valence-corrected chi connectivity index (χ1v) is 9.12. The quantitative estimate of drug-likeness (QED) is 0.631. The van der Waals surface area contributed by atoms with Gasteiger partial charge in [-0.3, -0.25) is 9.59 Å². The van der Waals surface area contributed by atoms with E-state index in [0.717, 1.165) is 18.4 Å². The molecule has 2 aromatic rings. The zero-order valence-electron chi connectivity index (χ0n) is 15.8. The molecule has 3 rings (SSSR count). The van der Waals surface area contributed by atoms with Crippen LogP contribution in [0.5, 0.6) is 5.75 Å². The van der Waals surface area contributed by atoms with E-state index in [1.54, 1.807) is 31.4 Å². The van der Waals surface area contributed by atoms with Gasteiger partial charge in [0, 0.05) is 18.2 Å². The zero-order chi connectivity index (χ0) is 19.2. The van der Waals surface area contributed by atoms with Gasteiger partial charge in [-0.15, -0.1) is 12.4 Å². The minimum Gasteiger partial charge on any atom is -0.497 e. The molecule has 0 saturated heterocycles. The number of benzene rings is 2. The fourth-order valence-electron chi connectivity index (χ4n) is 3.04. The summed E-state index contributed by atoms with van der Waals surface area (Å²) in [6.45, 7) is 0.393. The molecule has 1 aliphatic carbocycles. The summed E-state index contributed by atoms with van der Waals surface area (Å²) in [7, 11) is 1.57. The molecule has 7 heteroatoms. The third-order valence-electron chi connectivity index (χ3n) is 4.80. The molecule has 0 radical (unpaired) electrons. The first-order chi connectivity index (χ1) is 13.1. The van der Waals surface area contributed by atoms with E-state index in [0.29, 0.717) is 23.8 Å². The Bertz CT molecular complexity index is 779. The van der Waals surface area contributed by atoms with E-state index in [4.69, 9.17) is 10.5 Å². The van der Waals surface area contributed by atoms with Crippen molar-refractivity contribution in [3.8, 4) is 5.75 Å². The van der Waals surface area contributed by atoms with Gasteiger partial charge in [0.25, 0.3) is 5.91 Å². The van der Waals surface area contributed by atoms with Crippen LogP contribution >= 0.6 is 12.4 Å². The number of carbonyl (C=O) groups is 2. The predicted octanol–water partition coefficient (Wildman–Crippen LogP) is 2.44. The molecule has 0 heterocycles. The van der Waals surface area contributed by atoms with E-state index in [9.17, 15) is 9.59 Å². The van der Waals surface area contributed by atoms with Gasteiger partial charge in [0.05, 0.1) is 7.11 Å². The number of hydrogen-bond donors (Lipinski definition) is 3. The first kappa shape index (κ1) is 21.7. The van der Waals surface area contributed by atoms with Crippen LogP contribution in [0.25, 0.3) is 0 Å². The minimum absolute atomic E-state index is 0.